The molecule has 0 saturated carbocycles. The summed E-state index contributed by atoms with van der Waals surface area (Å²) in [7, 11) is 1.75. The van der Waals surface area contributed by atoms with Crippen LogP contribution in [0.4, 0.5) is 0 Å². The summed E-state index contributed by atoms with van der Waals surface area (Å²) in [6.45, 7) is 3.62. The zero-order valence-corrected chi connectivity index (χ0v) is 9.40. The fourth-order valence-corrected chi connectivity index (χ4v) is 1.79. The van der Waals surface area contributed by atoms with Crippen molar-refractivity contribution in [3.63, 3.8) is 0 Å². The van der Waals surface area contributed by atoms with Crippen molar-refractivity contribution in [3.8, 4) is 6.07 Å². The Morgan fingerprint density at radius 2 is 2.47 bits per heavy atom. The Labute approximate surface area is 90.8 Å². The number of nitrogens with zero attached hydrogens (tertiary/aromatic N) is 2. The molecule has 0 bridgehead atoms. The minimum atomic E-state index is -0.108. The lowest BCUT2D eigenvalue weighted by molar-refractivity contribution is -0.138. The van der Waals surface area contributed by atoms with Crippen LogP contribution in [0, 0.1) is 23.2 Å². The summed E-state index contributed by atoms with van der Waals surface area (Å²) >= 11 is 0. The molecule has 0 N–H and O–H groups in total. The van der Waals surface area contributed by atoms with Gasteiger partial charge in [-0.15, -0.1) is 0 Å². The Kier molecular flexibility index (Phi) is 4.57. The molecule has 0 spiro atoms. The zero-order chi connectivity index (χ0) is 11.3. The van der Waals surface area contributed by atoms with Crippen LogP contribution in [-0.4, -0.2) is 37.6 Å². The van der Waals surface area contributed by atoms with Gasteiger partial charge in [0.2, 0.25) is 5.91 Å². The highest BCUT2D eigenvalue weighted by Gasteiger charge is 2.25. The van der Waals surface area contributed by atoms with Crippen molar-refractivity contribution in [1.29, 1.82) is 5.26 Å². The molecule has 0 aromatic rings. The molecule has 0 aromatic heterocycles. The molecule has 1 fully saturated rings. The van der Waals surface area contributed by atoms with Crippen LogP contribution in [0.1, 0.15) is 19.8 Å². The Bertz CT molecular complexity index is 254. The number of ether oxygens (including phenoxy) is 1. The minimum absolute atomic E-state index is 0.00496. The average molecular weight is 210 g/mol. The van der Waals surface area contributed by atoms with Gasteiger partial charge in [0.05, 0.1) is 24.5 Å². The summed E-state index contributed by atoms with van der Waals surface area (Å²) in [5, 5.41) is 8.66. The number of rotatable bonds is 3. The molecule has 0 aliphatic carbocycles. The molecule has 2 atom stereocenters. The van der Waals surface area contributed by atoms with Gasteiger partial charge in [0.25, 0.3) is 0 Å². The van der Waals surface area contributed by atoms with Crippen molar-refractivity contribution in [2.45, 2.75) is 19.8 Å². The van der Waals surface area contributed by atoms with Gasteiger partial charge < -0.3 is 9.64 Å². The molecule has 2 unspecified atom stereocenters. The molecule has 84 valence electrons. The highest BCUT2D eigenvalue weighted by atomic mass is 16.5. The van der Waals surface area contributed by atoms with Crippen LogP contribution in [-0.2, 0) is 9.53 Å². The van der Waals surface area contributed by atoms with E-state index in [-0.39, 0.29) is 17.7 Å². The van der Waals surface area contributed by atoms with Gasteiger partial charge in [0.15, 0.2) is 0 Å². The van der Waals surface area contributed by atoms with Gasteiger partial charge in [-0.1, -0.05) is 0 Å². The van der Waals surface area contributed by atoms with Crippen molar-refractivity contribution in [1.82, 2.24) is 4.90 Å². The van der Waals surface area contributed by atoms with Crippen LogP contribution in [0.2, 0.25) is 0 Å². The van der Waals surface area contributed by atoms with Gasteiger partial charge in [0, 0.05) is 20.2 Å². The highest BCUT2D eigenvalue weighted by Crippen LogP contribution is 2.16. The first kappa shape index (κ1) is 12.0. The Morgan fingerprint density at radius 1 is 1.73 bits per heavy atom. The number of hydrogen-bond donors (Lipinski definition) is 0. The van der Waals surface area contributed by atoms with E-state index in [2.05, 4.69) is 6.07 Å². The topological polar surface area (TPSA) is 53.3 Å². The van der Waals surface area contributed by atoms with E-state index in [1.165, 1.54) is 0 Å². The number of nitriles is 1. The number of carbonyl (C=O) groups is 1. The summed E-state index contributed by atoms with van der Waals surface area (Å²) in [6.07, 6.45) is 1.86. The molecule has 15 heavy (non-hydrogen) atoms. The first-order chi connectivity index (χ1) is 7.15. The maximum absolute atomic E-state index is 11.9. The molecule has 0 radical (unpaired) electrons. The second-order valence-electron chi connectivity index (χ2n) is 4.16. The second kappa shape index (κ2) is 5.72. The molecule has 1 aliphatic rings. The number of carbonyl (C=O) groups excluding carboxylic acids is 1. The van der Waals surface area contributed by atoms with Crippen LogP contribution >= 0.6 is 0 Å². The van der Waals surface area contributed by atoms with Gasteiger partial charge in [0.1, 0.15) is 0 Å². The maximum atomic E-state index is 11.9. The van der Waals surface area contributed by atoms with E-state index in [0.717, 1.165) is 19.4 Å². The lowest BCUT2D eigenvalue weighted by Gasteiger charge is -2.27. The van der Waals surface area contributed by atoms with E-state index >= 15 is 0 Å². The molecule has 4 heteroatoms. The maximum Gasteiger partial charge on any atom is 0.227 e. The van der Waals surface area contributed by atoms with Gasteiger partial charge in [-0.3, -0.25) is 4.79 Å². The van der Waals surface area contributed by atoms with E-state index in [1.807, 2.05) is 6.92 Å². The second-order valence-corrected chi connectivity index (χ2v) is 4.16. The quantitative estimate of drug-likeness (QED) is 0.699. The van der Waals surface area contributed by atoms with Crippen molar-refractivity contribution >= 4 is 5.91 Å². The Morgan fingerprint density at radius 3 is 3.00 bits per heavy atom. The predicted molar refractivity (Wildman–Crippen MR) is 56.0 cm³/mol. The van der Waals surface area contributed by atoms with E-state index in [9.17, 15) is 4.79 Å². The average Bonchev–Trinajstić information content (AvgIpc) is 2.29. The van der Waals surface area contributed by atoms with Gasteiger partial charge >= 0.3 is 0 Å². The normalized spacial score (nSPS) is 22.9. The van der Waals surface area contributed by atoms with E-state index in [0.29, 0.717) is 13.2 Å². The minimum Gasteiger partial charge on any atom is -0.381 e. The number of amides is 1. The summed E-state index contributed by atoms with van der Waals surface area (Å²) < 4.78 is 5.27. The third kappa shape index (κ3) is 3.52. The van der Waals surface area contributed by atoms with E-state index in [1.54, 1.807) is 11.9 Å². The van der Waals surface area contributed by atoms with Crippen LogP contribution < -0.4 is 0 Å². The predicted octanol–water partition coefficient (Wildman–Crippen LogP) is 1.03. The summed E-state index contributed by atoms with van der Waals surface area (Å²) in [5.41, 5.74) is 0. The van der Waals surface area contributed by atoms with Crippen molar-refractivity contribution in [2.24, 2.45) is 11.8 Å². The fraction of sp³-hybridized carbons (Fsp3) is 0.818. The van der Waals surface area contributed by atoms with E-state index < -0.39 is 0 Å². The Balaban J connectivity index is 2.41. The van der Waals surface area contributed by atoms with Crippen LogP contribution in [0.15, 0.2) is 0 Å². The standard InChI is InChI=1S/C11H18N2O2/c1-9(6-12)7-13(2)11(14)10-4-3-5-15-8-10/h9-10H,3-5,7-8H2,1-2H3. The third-order valence-corrected chi connectivity index (χ3v) is 2.65. The molecular weight excluding hydrogens is 192 g/mol. The molecule has 0 aromatic carbocycles. The highest BCUT2D eigenvalue weighted by molar-refractivity contribution is 5.78. The molecule has 1 rings (SSSR count). The molecule has 4 nitrogen and oxygen atoms in total. The fourth-order valence-electron chi connectivity index (χ4n) is 1.79. The van der Waals surface area contributed by atoms with Crippen LogP contribution in [0.5, 0.6) is 0 Å². The van der Waals surface area contributed by atoms with Crippen molar-refractivity contribution < 1.29 is 9.53 Å². The summed E-state index contributed by atoms with van der Waals surface area (Å²) in [5.74, 6) is -0.00472. The first-order valence-corrected chi connectivity index (χ1v) is 5.37. The molecule has 1 saturated heterocycles. The van der Waals surface area contributed by atoms with Crippen LogP contribution in [0.25, 0.3) is 0 Å². The largest absolute Gasteiger partial charge is 0.381 e. The summed E-state index contributed by atoms with van der Waals surface area (Å²) in [6, 6.07) is 2.13. The smallest absolute Gasteiger partial charge is 0.227 e. The van der Waals surface area contributed by atoms with Crippen molar-refractivity contribution in [3.05, 3.63) is 0 Å². The van der Waals surface area contributed by atoms with Crippen molar-refractivity contribution in [2.75, 3.05) is 26.8 Å². The van der Waals surface area contributed by atoms with Gasteiger partial charge in [-0.25, -0.2) is 0 Å². The van der Waals surface area contributed by atoms with E-state index in [4.69, 9.17) is 10.00 Å². The number of hydrogen-bond acceptors (Lipinski definition) is 3. The summed E-state index contributed by atoms with van der Waals surface area (Å²) in [4.78, 5) is 13.5. The third-order valence-electron chi connectivity index (χ3n) is 2.65. The lowest BCUT2D eigenvalue weighted by Crippen LogP contribution is -2.39. The molecule has 1 amide bonds. The molecule has 1 aliphatic heterocycles. The monoisotopic (exact) mass is 210 g/mol. The van der Waals surface area contributed by atoms with Gasteiger partial charge in [-0.05, 0) is 19.8 Å². The molecule has 1 heterocycles. The Hall–Kier alpha value is -1.08. The first-order valence-electron chi connectivity index (χ1n) is 5.37. The SMILES string of the molecule is CC(C#N)CN(C)C(=O)C1CCCOC1. The molecular formula is C11H18N2O2. The zero-order valence-electron chi connectivity index (χ0n) is 9.40. The lowest BCUT2D eigenvalue weighted by atomic mass is 10.0. The van der Waals surface area contributed by atoms with Crippen LogP contribution in [0.3, 0.4) is 0 Å². The van der Waals surface area contributed by atoms with Gasteiger partial charge in [-0.2, -0.15) is 5.26 Å².